The first-order valence-electron chi connectivity index (χ1n) is 10.8. The summed E-state index contributed by atoms with van der Waals surface area (Å²) in [5.41, 5.74) is -3.63. The summed E-state index contributed by atoms with van der Waals surface area (Å²) in [5.74, 6) is -0.0407. The molecule has 3 aromatic rings. The van der Waals surface area contributed by atoms with Gasteiger partial charge in [-0.25, -0.2) is 0 Å². The second kappa shape index (κ2) is 7.81. The van der Waals surface area contributed by atoms with Crippen molar-refractivity contribution >= 4 is 11.6 Å². The van der Waals surface area contributed by atoms with Gasteiger partial charge in [0.05, 0.1) is 16.8 Å². The minimum atomic E-state index is -5.07. The average Bonchev–Trinajstić information content (AvgIpc) is 3.25. The highest BCUT2D eigenvalue weighted by Crippen LogP contribution is 2.46. The van der Waals surface area contributed by atoms with E-state index in [2.05, 4.69) is 4.98 Å². The van der Waals surface area contributed by atoms with Gasteiger partial charge in [0.2, 0.25) is 5.91 Å². The number of aliphatic hydroxyl groups is 1. The van der Waals surface area contributed by atoms with Gasteiger partial charge in [-0.2, -0.15) is 26.3 Å². The van der Waals surface area contributed by atoms with Crippen molar-refractivity contribution in [3.8, 4) is 0 Å². The number of aryl methyl sites for hydroxylation is 1. The van der Waals surface area contributed by atoms with Crippen molar-refractivity contribution in [1.29, 1.82) is 0 Å². The van der Waals surface area contributed by atoms with Crippen LogP contribution in [0, 0.1) is 0 Å². The largest absolute Gasteiger partial charge is 0.416 e. The van der Waals surface area contributed by atoms with Gasteiger partial charge in [-0.15, -0.1) is 0 Å². The van der Waals surface area contributed by atoms with Gasteiger partial charge < -0.3 is 10.0 Å². The van der Waals surface area contributed by atoms with Gasteiger partial charge in [-0.1, -0.05) is 12.1 Å². The predicted octanol–water partition coefficient (Wildman–Crippen LogP) is 5.24. The van der Waals surface area contributed by atoms with Gasteiger partial charge in [0.1, 0.15) is 5.60 Å². The molecule has 0 spiro atoms. The zero-order valence-corrected chi connectivity index (χ0v) is 18.0. The van der Waals surface area contributed by atoms with Crippen molar-refractivity contribution in [2.75, 3.05) is 11.4 Å². The molecule has 2 aromatic carbocycles. The van der Waals surface area contributed by atoms with Crippen molar-refractivity contribution in [3.63, 3.8) is 0 Å². The normalized spacial score (nSPS) is 17.3. The van der Waals surface area contributed by atoms with Crippen LogP contribution in [0.2, 0.25) is 0 Å². The highest BCUT2D eigenvalue weighted by Gasteiger charge is 2.43. The quantitative estimate of drug-likeness (QED) is 0.509. The van der Waals surface area contributed by atoms with Crippen molar-refractivity contribution in [2.24, 2.45) is 0 Å². The predicted molar refractivity (Wildman–Crippen MR) is 114 cm³/mol. The first-order chi connectivity index (χ1) is 16.4. The van der Waals surface area contributed by atoms with Crippen LogP contribution >= 0.6 is 0 Å². The maximum atomic E-state index is 13.6. The third-order valence-electron chi connectivity index (χ3n) is 6.57. The summed E-state index contributed by atoms with van der Waals surface area (Å²) in [4.78, 5) is 17.8. The number of rotatable bonds is 3. The minimum absolute atomic E-state index is 0.0341. The Hall–Kier alpha value is -3.40. The van der Waals surface area contributed by atoms with Crippen LogP contribution < -0.4 is 4.90 Å². The lowest BCUT2D eigenvalue weighted by atomic mass is 9.77. The molecule has 4 nitrogen and oxygen atoms in total. The van der Waals surface area contributed by atoms with Crippen molar-refractivity contribution in [1.82, 2.24) is 4.98 Å². The monoisotopic (exact) mass is 492 g/mol. The van der Waals surface area contributed by atoms with Gasteiger partial charge in [-0.05, 0) is 71.0 Å². The van der Waals surface area contributed by atoms with Crippen molar-refractivity contribution in [2.45, 2.75) is 37.2 Å². The molecule has 35 heavy (non-hydrogen) atoms. The number of amides is 1. The first-order valence-corrected chi connectivity index (χ1v) is 10.8. The van der Waals surface area contributed by atoms with Crippen LogP contribution in [0.25, 0.3) is 0 Å². The number of halogens is 6. The van der Waals surface area contributed by atoms with Crippen LogP contribution in [-0.2, 0) is 35.6 Å². The Bertz CT molecular complexity index is 1290. The van der Waals surface area contributed by atoms with E-state index in [9.17, 15) is 36.2 Å². The standard InChI is InChI=1S/C25H18F6N2O2/c26-24(27,28)19-11-18(12-20(13-19)25(29,30)31)23(35,16-3-6-32-7-4-16)17-9-14-1-2-21(34)33-8-5-15(10-17)22(14)33/h3-4,6-7,9-13,35H,1-2,5,8H2. The number of nitrogens with zero attached hydrogens (tertiary/aromatic N) is 2. The summed E-state index contributed by atoms with van der Waals surface area (Å²) in [7, 11) is 0. The molecule has 0 aliphatic carbocycles. The molecule has 0 fully saturated rings. The molecule has 1 aromatic heterocycles. The zero-order chi connectivity index (χ0) is 25.2. The number of aromatic nitrogens is 1. The fraction of sp³-hybridized carbons (Fsp3) is 0.280. The first kappa shape index (κ1) is 23.3. The molecular weight excluding hydrogens is 474 g/mol. The van der Waals surface area contributed by atoms with E-state index >= 15 is 0 Å². The number of anilines is 1. The highest BCUT2D eigenvalue weighted by molar-refractivity contribution is 5.98. The summed E-state index contributed by atoms with van der Waals surface area (Å²) in [6, 6.07) is 6.95. The molecule has 2 aliphatic rings. The van der Waals surface area contributed by atoms with Crippen LogP contribution in [0.15, 0.2) is 54.9 Å². The SMILES string of the molecule is O=C1CCc2cc(C(O)(c3ccncc3)c3cc(C(F)(F)F)cc(C(F)(F)F)c3)cc3c2N1CC3. The van der Waals surface area contributed by atoms with E-state index in [-0.39, 0.29) is 29.5 Å². The third kappa shape index (κ3) is 3.85. The molecule has 2 aliphatic heterocycles. The lowest BCUT2D eigenvalue weighted by Gasteiger charge is -2.33. The minimum Gasteiger partial charge on any atom is -0.376 e. The van der Waals surface area contributed by atoms with Gasteiger partial charge in [0.15, 0.2) is 0 Å². The second-order valence-electron chi connectivity index (χ2n) is 8.68. The maximum Gasteiger partial charge on any atom is 0.416 e. The number of benzene rings is 2. The molecule has 0 saturated carbocycles. The Kier molecular flexibility index (Phi) is 5.21. The highest BCUT2D eigenvalue weighted by atomic mass is 19.4. The summed E-state index contributed by atoms with van der Waals surface area (Å²) < 4.78 is 81.7. The van der Waals surface area contributed by atoms with Crippen LogP contribution in [0.4, 0.5) is 32.0 Å². The molecular formula is C25H18F6N2O2. The van der Waals surface area contributed by atoms with E-state index < -0.39 is 34.6 Å². The van der Waals surface area contributed by atoms with Gasteiger partial charge in [-0.3, -0.25) is 9.78 Å². The van der Waals surface area contributed by atoms with Crippen LogP contribution in [-0.4, -0.2) is 22.5 Å². The average molecular weight is 492 g/mol. The van der Waals surface area contributed by atoms with Gasteiger partial charge in [0, 0.05) is 25.4 Å². The fourth-order valence-electron chi connectivity index (χ4n) is 4.92. The lowest BCUT2D eigenvalue weighted by molar-refractivity contribution is -0.143. The van der Waals surface area contributed by atoms with E-state index in [1.54, 1.807) is 17.0 Å². The van der Waals surface area contributed by atoms with Crippen molar-refractivity contribution < 1.29 is 36.2 Å². The molecule has 182 valence electrons. The number of hydrogen-bond acceptors (Lipinski definition) is 3. The maximum absolute atomic E-state index is 13.6. The Morgan fingerprint density at radius 1 is 0.714 bits per heavy atom. The van der Waals surface area contributed by atoms with E-state index in [0.29, 0.717) is 48.3 Å². The smallest absolute Gasteiger partial charge is 0.376 e. The topological polar surface area (TPSA) is 53.4 Å². The molecule has 0 radical (unpaired) electrons. The number of alkyl halides is 6. The third-order valence-corrected chi connectivity index (χ3v) is 6.57. The number of carbonyl (C=O) groups is 1. The Labute approximate surface area is 195 Å². The van der Waals surface area contributed by atoms with Crippen LogP contribution in [0.3, 0.4) is 0 Å². The molecule has 1 amide bonds. The summed E-state index contributed by atoms with van der Waals surface area (Å²) in [6.07, 6.45) is -6.49. The van der Waals surface area contributed by atoms with Crippen LogP contribution in [0.5, 0.6) is 0 Å². The Morgan fingerprint density at radius 2 is 1.23 bits per heavy atom. The van der Waals surface area contributed by atoms with Crippen molar-refractivity contribution in [3.05, 3.63) is 93.8 Å². The van der Waals surface area contributed by atoms with E-state index in [1.807, 2.05) is 0 Å². The summed E-state index contributed by atoms with van der Waals surface area (Å²) in [5, 5.41) is 12.0. The Balaban J connectivity index is 1.79. The van der Waals surface area contributed by atoms with Gasteiger partial charge >= 0.3 is 12.4 Å². The Morgan fingerprint density at radius 3 is 1.80 bits per heavy atom. The lowest BCUT2D eigenvalue weighted by Crippen LogP contribution is -2.34. The van der Waals surface area contributed by atoms with E-state index in [0.717, 1.165) is 0 Å². The molecule has 0 saturated heterocycles. The van der Waals surface area contributed by atoms with Gasteiger partial charge in [0.25, 0.3) is 0 Å². The van der Waals surface area contributed by atoms with E-state index in [1.165, 1.54) is 24.5 Å². The molecule has 10 heteroatoms. The molecule has 1 atom stereocenters. The molecule has 3 heterocycles. The summed E-state index contributed by atoms with van der Waals surface area (Å²) >= 11 is 0. The second-order valence-corrected chi connectivity index (χ2v) is 8.68. The molecule has 5 rings (SSSR count). The van der Waals surface area contributed by atoms with E-state index in [4.69, 9.17) is 0 Å². The molecule has 1 N–H and O–H groups in total. The summed E-state index contributed by atoms with van der Waals surface area (Å²) in [6.45, 7) is 0.431. The molecule has 0 bridgehead atoms. The fourth-order valence-corrected chi connectivity index (χ4v) is 4.92. The molecule has 1 unspecified atom stereocenters. The number of carbonyl (C=O) groups excluding carboxylic acids is 1. The zero-order valence-electron chi connectivity index (χ0n) is 18.0. The van der Waals surface area contributed by atoms with Crippen LogP contribution in [0.1, 0.15) is 45.4 Å². The number of pyridine rings is 1. The number of hydrogen-bond donors (Lipinski definition) is 1.